The number of benzene rings is 2. The van der Waals surface area contributed by atoms with Gasteiger partial charge in [-0.15, -0.1) is 0 Å². The predicted octanol–water partition coefficient (Wildman–Crippen LogP) is 4.02. The molecule has 0 radical (unpaired) electrons. The summed E-state index contributed by atoms with van der Waals surface area (Å²) in [5, 5.41) is 9.47. The van der Waals surface area contributed by atoms with E-state index in [2.05, 4.69) is 9.71 Å². The first kappa shape index (κ1) is 34.1. The maximum atomic E-state index is 14.1. The number of aliphatic carboxylic acids is 1. The molecule has 0 saturated heterocycles. The number of aromatic nitrogens is 1. The van der Waals surface area contributed by atoms with Crippen molar-refractivity contribution < 1.29 is 31.5 Å². The van der Waals surface area contributed by atoms with Crippen molar-refractivity contribution in [2.24, 2.45) is 0 Å². The third kappa shape index (κ3) is 8.18. The molecule has 14 heteroatoms. The van der Waals surface area contributed by atoms with Crippen LogP contribution in [0.4, 0.5) is 0 Å². The molecular weight excluding hydrogens is 616 g/mol. The molecule has 2 atom stereocenters. The summed E-state index contributed by atoms with van der Waals surface area (Å²) in [6, 6.07) is 13.3. The fourth-order valence-corrected chi connectivity index (χ4v) is 7.87. The zero-order chi connectivity index (χ0) is 31.9. The molecule has 2 aromatic carbocycles. The number of amides is 1. The highest BCUT2D eigenvalue weighted by molar-refractivity contribution is 7.90. The summed E-state index contributed by atoms with van der Waals surface area (Å²) in [6.45, 7) is 6.57. The molecule has 43 heavy (non-hydrogen) atoms. The Morgan fingerprint density at radius 2 is 1.77 bits per heavy atom. The van der Waals surface area contributed by atoms with Crippen LogP contribution in [0.15, 0.2) is 65.8 Å². The van der Waals surface area contributed by atoms with Crippen LogP contribution in [0.5, 0.6) is 0 Å². The van der Waals surface area contributed by atoms with Gasteiger partial charge in [-0.3, -0.25) is 9.78 Å². The van der Waals surface area contributed by atoms with Gasteiger partial charge in [0.25, 0.3) is 0 Å². The summed E-state index contributed by atoms with van der Waals surface area (Å²) in [4.78, 5) is 28.3. The first-order valence-electron chi connectivity index (χ1n) is 13.5. The van der Waals surface area contributed by atoms with Gasteiger partial charge in [-0.05, 0) is 79.3 Å². The Bertz CT molecular complexity index is 1700. The van der Waals surface area contributed by atoms with Crippen molar-refractivity contribution in [3.63, 3.8) is 0 Å². The molecule has 0 fully saturated rings. The average Bonchev–Trinajstić information content (AvgIpc) is 2.95. The molecule has 0 aliphatic heterocycles. The molecule has 3 rings (SSSR count). The van der Waals surface area contributed by atoms with Gasteiger partial charge in [0.2, 0.25) is 31.3 Å². The lowest BCUT2D eigenvalue weighted by Gasteiger charge is -2.30. The number of pyridine rings is 1. The fraction of sp³-hybridized carbons (Fsp3) is 0.345. The first-order chi connectivity index (χ1) is 20.2. The number of carbonyl (C=O) groups excluding carboxylic acids is 1. The molecule has 11 nitrogen and oxygen atoms in total. The van der Waals surface area contributed by atoms with Gasteiger partial charge in [0.05, 0.1) is 4.90 Å². The van der Waals surface area contributed by atoms with Crippen molar-refractivity contribution in [2.75, 3.05) is 13.1 Å². The molecule has 1 amide bonds. The lowest BCUT2D eigenvalue weighted by atomic mass is 9.98. The van der Waals surface area contributed by atoms with Gasteiger partial charge >= 0.3 is 5.97 Å². The molecule has 2 unspecified atom stereocenters. The van der Waals surface area contributed by atoms with Crippen LogP contribution in [0.3, 0.4) is 0 Å². The summed E-state index contributed by atoms with van der Waals surface area (Å²) in [5.74, 6) is -2.60. The molecule has 1 aromatic heterocycles. The smallest absolute Gasteiger partial charge is 0.343 e. The third-order valence-corrected chi connectivity index (χ3v) is 11.0. The minimum Gasteiger partial charge on any atom is -0.479 e. The van der Waals surface area contributed by atoms with E-state index in [1.54, 1.807) is 38.4 Å². The Morgan fingerprint density at radius 1 is 1.07 bits per heavy atom. The number of aryl methyl sites for hydroxylation is 1. The Labute approximate surface area is 257 Å². The van der Waals surface area contributed by atoms with E-state index in [0.29, 0.717) is 11.1 Å². The van der Waals surface area contributed by atoms with Crippen LogP contribution in [0.2, 0.25) is 5.02 Å². The van der Waals surface area contributed by atoms with Crippen LogP contribution in [0, 0.1) is 13.8 Å². The Hall–Kier alpha value is -3.36. The maximum absolute atomic E-state index is 14.1. The lowest BCUT2D eigenvalue weighted by Crippen LogP contribution is -2.51. The normalized spacial score (nSPS) is 13.4. The van der Waals surface area contributed by atoms with E-state index in [-0.39, 0.29) is 35.8 Å². The Balaban J connectivity index is 1.93. The van der Waals surface area contributed by atoms with Crippen LogP contribution in [-0.2, 0) is 29.6 Å². The standard InChI is InChI=1S/C29H35ClN4O7S2/c1-5-32-42(38,39)28(29(36)37)33-27(35)13-8-16-34(43(40,41)26-12-7-11-25(30)20(26)3)21(4)22-9-6-10-23(17-22)24-14-15-31-18-19(24)2/h6-7,9-12,14-15,17-18,21,28,32H,5,8,13,16H2,1-4H3,(H,33,35)(H,36,37). The largest absolute Gasteiger partial charge is 0.479 e. The van der Waals surface area contributed by atoms with Crippen LogP contribution in [0.1, 0.15) is 49.4 Å². The number of carboxylic acid groups (broad SMARTS) is 1. The van der Waals surface area contributed by atoms with Gasteiger partial charge in [0.15, 0.2) is 0 Å². The number of carboxylic acids is 1. The van der Waals surface area contributed by atoms with Crippen molar-refractivity contribution in [1.82, 2.24) is 19.3 Å². The minimum absolute atomic E-state index is 0.0140. The van der Waals surface area contributed by atoms with E-state index < -0.39 is 43.3 Å². The maximum Gasteiger partial charge on any atom is 0.343 e. The molecule has 232 valence electrons. The SMILES string of the molecule is CCNS(=O)(=O)C(NC(=O)CCCN(C(C)c1cccc(-c2ccncc2C)c1)S(=O)(=O)c1cccc(Cl)c1C)C(=O)O. The monoisotopic (exact) mass is 650 g/mol. The number of nitrogens with one attached hydrogen (secondary N) is 2. The summed E-state index contributed by atoms with van der Waals surface area (Å²) in [7, 11) is -8.51. The van der Waals surface area contributed by atoms with Crippen molar-refractivity contribution in [1.29, 1.82) is 0 Å². The number of halogens is 1. The van der Waals surface area contributed by atoms with Crippen molar-refractivity contribution >= 4 is 43.5 Å². The third-order valence-electron chi connectivity index (χ3n) is 6.89. The molecule has 0 saturated carbocycles. The van der Waals surface area contributed by atoms with Gasteiger partial charge in [-0.2, -0.15) is 4.31 Å². The molecule has 0 aliphatic carbocycles. The number of rotatable bonds is 14. The number of nitrogens with zero attached hydrogens (tertiary/aromatic N) is 2. The number of hydrogen-bond donors (Lipinski definition) is 3. The second kappa shape index (κ2) is 14.4. The quantitative estimate of drug-likeness (QED) is 0.236. The molecule has 0 spiro atoms. The Kier molecular flexibility index (Phi) is 11.4. The van der Waals surface area contributed by atoms with E-state index in [1.807, 2.05) is 42.6 Å². The highest BCUT2D eigenvalue weighted by Crippen LogP contribution is 2.33. The van der Waals surface area contributed by atoms with E-state index in [0.717, 1.165) is 16.7 Å². The van der Waals surface area contributed by atoms with Crippen LogP contribution in [-0.4, -0.2) is 61.6 Å². The molecular formula is C29H35ClN4O7S2. The van der Waals surface area contributed by atoms with Gasteiger partial charge < -0.3 is 10.4 Å². The van der Waals surface area contributed by atoms with Gasteiger partial charge in [0.1, 0.15) is 0 Å². The van der Waals surface area contributed by atoms with E-state index >= 15 is 0 Å². The predicted molar refractivity (Wildman–Crippen MR) is 164 cm³/mol. The Morgan fingerprint density at radius 3 is 2.42 bits per heavy atom. The van der Waals surface area contributed by atoms with E-state index in [1.165, 1.54) is 17.3 Å². The lowest BCUT2D eigenvalue weighted by molar-refractivity contribution is -0.139. The molecule has 3 aromatic rings. The van der Waals surface area contributed by atoms with Gasteiger partial charge in [-0.25, -0.2) is 26.4 Å². The number of carbonyl (C=O) groups is 2. The van der Waals surface area contributed by atoms with Crippen LogP contribution >= 0.6 is 11.6 Å². The number of hydrogen-bond acceptors (Lipinski definition) is 7. The number of sulfonamides is 2. The minimum atomic E-state index is -4.36. The first-order valence-corrected chi connectivity index (χ1v) is 16.9. The zero-order valence-corrected chi connectivity index (χ0v) is 26.6. The highest BCUT2D eigenvalue weighted by Gasteiger charge is 2.34. The summed E-state index contributed by atoms with van der Waals surface area (Å²) < 4.78 is 55.9. The van der Waals surface area contributed by atoms with Crippen molar-refractivity contribution in [2.45, 2.75) is 56.8 Å². The van der Waals surface area contributed by atoms with Gasteiger partial charge in [0, 0.05) is 43.0 Å². The summed E-state index contributed by atoms with van der Waals surface area (Å²) in [5.41, 5.74) is 3.85. The molecule has 0 aliphatic rings. The molecule has 0 bridgehead atoms. The van der Waals surface area contributed by atoms with Crippen molar-refractivity contribution in [3.05, 3.63) is 82.6 Å². The molecule has 1 heterocycles. The van der Waals surface area contributed by atoms with Crippen LogP contribution in [0.25, 0.3) is 11.1 Å². The second-order valence-electron chi connectivity index (χ2n) is 9.90. The van der Waals surface area contributed by atoms with Crippen LogP contribution < -0.4 is 10.0 Å². The fourth-order valence-electron chi connectivity index (χ4n) is 4.62. The average molecular weight is 651 g/mol. The topological polar surface area (TPSA) is 163 Å². The zero-order valence-electron chi connectivity index (χ0n) is 24.2. The molecule has 3 N–H and O–H groups in total. The summed E-state index contributed by atoms with van der Waals surface area (Å²) >= 11 is 6.26. The van der Waals surface area contributed by atoms with E-state index in [9.17, 15) is 31.5 Å². The summed E-state index contributed by atoms with van der Waals surface area (Å²) in [6.07, 6.45) is 3.08. The second-order valence-corrected chi connectivity index (χ2v) is 14.0. The highest BCUT2D eigenvalue weighted by atomic mass is 35.5. The van der Waals surface area contributed by atoms with Crippen molar-refractivity contribution in [3.8, 4) is 11.1 Å². The van der Waals surface area contributed by atoms with Gasteiger partial charge in [-0.1, -0.05) is 42.8 Å². The van der Waals surface area contributed by atoms with E-state index in [4.69, 9.17) is 11.6 Å².